The largest absolute Gasteiger partial charge is 0.493 e. The van der Waals surface area contributed by atoms with Gasteiger partial charge in [-0.05, 0) is 43.2 Å². The van der Waals surface area contributed by atoms with Gasteiger partial charge in [-0.25, -0.2) is 4.79 Å². The summed E-state index contributed by atoms with van der Waals surface area (Å²) in [6, 6.07) is 12.1. The maximum atomic E-state index is 12.5. The average molecular weight is 312 g/mol. The van der Waals surface area contributed by atoms with E-state index in [4.69, 9.17) is 9.47 Å². The second kappa shape index (κ2) is 8.13. The van der Waals surface area contributed by atoms with Gasteiger partial charge in [0.15, 0.2) is 0 Å². The lowest BCUT2D eigenvalue weighted by molar-refractivity contribution is 0.0729. The monoisotopic (exact) mass is 312 g/mol. The first-order valence-electron chi connectivity index (χ1n) is 7.65. The van der Waals surface area contributed by atoms with Crippen molar-refractivity contribution in [2.45, 2.75) is 26.7 Å². The molecule has 0 aliphatic rings. The van der Waals surface area contributed by atoms with Gasteiger partial charge in [-0.3, -0.25) is 4.79 Å². The van der Waals surface area contributed by atoms with Crippen LogP contribution in [0.5, 0.6) is 11.5 Å². The van der Waals surface area contributed by atoms with Crippen LogP contribution >= 0.6 is 0 Å². The van der Waals surface area contributed by atoms with Gasteiger partial charge in [0.1, 0.15) is 23.3 Å². The molecule has 23 heavy (non-hydrogen) atoms. The van der Waals surface area contributed by atoms with E-state index in [-0.39, 0.29) is 0 Å². The summed E-state index contributed by atoms with van der Waals surface area (Å²) in [4.78, 5) is 23.5. The Hall–Kier alpha value is -2.62. The minimum absolute atomic E-state index is 0.357. The van der Waals surface area contributed by atoms with Crippen molar-refractivity contribution in [3.63, 3.8) is 0 Å². The molecule has 0 fully saturated rings. The van der Waals surface area contributed by atoms with Crippen LogP contribution in [0.2, 0.25) is 0 Å². The number of aldehydes is 1. The predicted molar refractivity (Wildman–Crippen MR) is 88.4 cm³/mol. The van der Waals surface area contributed by atoms with Gasteiger partial charge in [0.2, 0.25) is 0 Å². The van der Waals surface area contributed by atoms with Crippen LogP contribution in [0, 0.1) is 6.92 Å². The molecule has 0 N–H and O–H groups in total. The highest BCUT2D eigenvalue weighted by Gasteiger charge is 2.19. The van der Waals surface area contributed by atoms with Gasteiger partial charge < -0.3 is 9.47 Å². The van der Waals surface area contributed by atoms with Gasteiger partial charge in [0.25, 0.3) is 0 Å². The Bertz CT molecular complexity index is 677. The fraction of sp³-hybridized carbons (Fsp3) is 0.263. The summed E-state index contributed by atoms with van der Waals surface area (Å²) in [6.07, 6.45) is 2.60. The fourth-order valence-electron chi connectivity index (χ4n) is 2.20. The molecule has 0 aromatic heterocycles. The van der Waals surface area contributed by atoms with E-state index in [0.717, 1.165) is 19.1 Å². The highest BCUT2D eigenvalue weighted by molar-refractivity contribution is 5.96. The van der Waals surface area contributed by atoms with Crippen molar-refractivity contribution < 1.29 is 19.1 Å². The Morgan fingerprint density at radius 1 is 1.17 bits per heavy atom. The molecule has 4 nitrogen and oxygen atoms in total. The minimum Gasteiger partial charge on any atom is -0.493 e. The maximum Gasteiger partial charge on any atom is 0.347 e. The number of esters is 1. The van der Waals surface area contributed by atoms with Gasteiger partial charge in [0.05, 0.1) is 6.61 Å². The topological polar surface area (TPSA) is 52.6 Å². The molecule has 0 aliphatic carbocycles. The zero-order valence-corrected chi connectivity index (χ0v) is 13.4. The fourth-order valence-corrected chi connectivity index (χ4v) is 2.20. The molecule has 0 atom stereocenters. The van der Waals surface area contributed by atoms with Gasteiger partial charge >= 0.3 is 5.97 Å². The minimum atomic E-state index is -0.488. The molecular formula is C19H20O4. The van der Waals surface area contributed by atoms with Crippen molar-refractivity contribution in [2.24, 2.45) is 0 Å². The van der Waals surface area contributed by atoms with E-state index < -0.39 is 5.97 Å². The van der Waals surface area contributed by atoms with Crippen molar-refractivity contribution in [1.82, 2.24) is 0 Å². The smallest absolute Gasteiger partial charge is 0.347 e. The normalized spacial score (nSPS) is 10.2. The van der Waals surface area contributed by atoms with Crippen molar-refractivity contribution in [3.05, 3.63) is 59.2 Å². The van der Waals surface area contributed by atoms with Crippen LogP contribution in [0.1, 0.15) is 46.0 Å². The van der Waals surface area contributed by atoms with E-state index in [1.807, 2.05) is 6.07 Å². The number of aryl methyl sites for hydroxylation is 1. The number of para-hydroxylation sites is 1. The maximum absolute atomic E-state index is 12.5. The summed E-state index contributed by atoms with van der Waals surface area (Å²) >= 11 is 0. The SMILES string of the molecule is CCCCOc1cc(C=O)cc(C)c1C(=O)Oc1ccccc1. The summed E-state index contributed by atoms with van der Waals surface area (Å²) in [5, 5.41) is 0. The number of carbonyl (C=O) groups excluding carboxylic acids is 2. The number of rotatable bonds is 7. The molecule has 2 aromatic carbocycles. The highest BCUT2D eigenvalue weighted by Crippen LogP contribution is 2.26. The summed E-state index contributed by atoms with van der Waals surface area (Å²) < 4.78 is 11.1. The Kier molecular flexibility index (Phi) is 5.92. The van der Waals surface area contributed by atoms with Crippen LogP contribution in [-0.2, 0) is 0 Å². The zero-order chi connectivity index (χ0) is 16.7. The third kappa shape index (κ3) is 4.42. The first kappa shape index (κ1) is 16.7. The van der Waals surface area contributed by atoms with Crippen LogP contribution < -0.4 is 9.47 Å². The number of carbonyl (C=O) groups is 2. The van der Waals surface area contributed by atoms with Crippen molar-refractivity contribution in [1.29, 1.82) is 0 Å². The van der Waals surface area contributed by atoms with E-state index in [9.17, 15) is 9.59 Å². The Labute approximate surface area is 136 Å². The second-order valence-electron chi connectivity index (χ2n) is 5.23. The number of hydrogen-bond acceptors (Lipinski definition) is 4. The Morgan fingerprint density at radius 3 is 2.57 bits per heavy atom. The molecular weight excluding hydrogens is 292 g/mol. The molecule has 0 radical (unpaired) electrons. The van der Waals surface area contributed by atoms with Crippen LogP contribution in [-0.4, -0.2) is 18.9 Å². The van der Waals surface area contributed by atoms with Gasteiger partial charge in [-0.15, -0.1) is 0 Å². The van der Waals surface area contributed by atoms with Gasteiger partial charge in [-0.1, -0.05) is 31.5 Å². The van der Waals surface area contributed by atoms with Crippen LogP contribution in [0.4, 0.5) is 0 Å². The summed E-state index contributed by atoms with van der Waals surface area (Å²) in [6.45, 7) is 4.31. The summed E-state index contributed by atoms with van der Waals surface area (Å²) in [5.74, 6) is 0.370. The van der Waals surface area contributed by atoms with Crippen molar-refractivity contribution >= 4 is 12.3 Å². The standard InChI is InChI=1S/C19H20O4/c1-3-4-10-22-17-12-15(13-20)11-14(2)18(17)19(21)23-16-8-6-5-7-9-16/h5-9,11-13H,3-4,10H2,1-2H3. The molecule has 4 heteroatoms. The van der Waals surface area contributed by atoms with Crippen LogP contribution in [0.15, 0.2) is 42.5 Å². The molecule has 0 aliphatic heterocycles. The molecule has 0 saturated heterocycles. The van der Waals surface area contributed by atoms with Crippen LogP contribution in [0.3, 0.4) is 0 Å². The van der Waals surface area contributed by atoms with Crippen LogP contribution in [0.25, 0.3) is 0 Å². The predicted octanol–water partition coefficient (Wildman–Crippen LogP) is 4.21. The van der Waals surface area contributed by atoms with E-state index in [1.54, 1.807) is 43.3 Å². The molecule has 0 heterocycles. The lowest BCUT2D eigenvalue weighted by Gasteiger charge is -2.14. The summed E-state index contributed by atoms with van der Waals surface area (Å²) in [7, 11) is 0. The molecule has 0 spiro atoms. The van der Waals surface area contributed by atoms with Crippen molar-refractivity contribution in [2.75, 3.05) is 6.61 Å². The number of hydrogen-bond donors (Lipinski definition) is 0. The molecule has 2 aromatic rings. The first-order chi connectivity index (χ1) is 11.2. The average Bonchev–Trinajstić information content (AvgIpc) is 2.55. The zero-order valence-electron chi connectivity index (χ0n) is 13.4. The third-order valence-electron chi connectivity index (χ3n) is 3.37. The lowest BCUT2D eigenvalue weighted by Crippen LogP contribution is -2.13. The quantitative estimate of drug-likeness (QED) is 0.333. The number of unbranched alkanes of at least 4 members (excludes halogenated alkanes) is 1. The highest BCUT2D eigenvalue weighted by atomic mass is 16.5. The Morgan fingerprint density at radius 2 is 1.91 bits per heavy atom. The van der Waals surface area contributed by atoms with Crippen molar-refractivity contribution in [3.8, 4) is 11.5 Å². The third-order valence-corrected chi connectivity index (χ3v) is 3.37. The first-order valence-corrected chi connectivity index (χ1v) is 7.65. The molecule has 2 rings (SSSR count). The Balaban J connectivity index is 2.30. The molecule has 0 amide bonds. The molecule has 120 valence electrons. The summed E-state index contributed by atoms with van der Waals surface area (Å²) in [5.41, 5.74) is 1.49. The molecule has 0 saturated carbocycles. The van der Waals surface area contributed by atoms with E-state index in [1.165, 1.54) is 0 Å². The number of ether oxygens (including phenoxy) is 2. The molecule has 0 unspecified atom stereocenters. The van der Waals surface area contributed by atoms with E-state index in [2.05, 4.69) is 6.92 Å². The van der Waals surface area contributed by atoms with E-state index in [0.29, 0.717) is 34.8 Å². The second-order valence-corrected chi connectivity index (χ2v) is 5.23. The number of benzene rings is 2. The van der Waals surface area contributed by atoms with Gasteiger partial charge in [0, 0.05) is 5.56 Å². The van der Waals surface area contributed by atoms with E-state index >= 15 is 0 Å². The molecule has 0 bridgehead atoms. The van der Waals surface area contributed by atoms with Gasteiger partial charge in [-0.2, -0.15) is 0 Å². The lowest BCUT2D eigenvalue weighted by atomic mass is 10.0.